The Labute approximate surface area is 92.9 Å². The monoisotopic (exact) mass is 222 g/mol. The van der Waals surface area contributed by atoms with Gasteiger partial charge in [-0.2, -0.15) is 0 Å². The van der Waals surface area contributed by atoms with E-state index in [1.165, 1.54) is 4.68 Å². The Kier molecular flexibility index (Phi) is 2.68. The number of rotatable bonds is 2. The molecule has 0 atom stereocenters. The van der Waals surface area contributed by atoms with Crippen LogP contribution in [0.1, 0.15) is 29.4 Å². The molecule has 1 aromatic heterocycles. The van der Waals surface area contributed by atoms with E-state index in [4.69, 9.17) is 4.74 Å². The predicted octanol–water partition coefficient (Wildman–Crippen LogP) is 0.780. The van der Waals surface area contributed by atoms with E-state index in [-0.39, 0.29) is 17.7 Å². The summed E-state index contributed by atoms with van der Waals surface area (Å²) in [5.41, 5.74) is 0.627. The summed E-state index contributed by atoms with van der Waals surface area (Å²) in [7, 11) is 1.64. The highest BCUT2D eigenvalue weighted by molar-refractivity contribution is 5.90. The summed E-state index contributed by atoms with van der Waals surface area (Å²) in [6.07, 6.45) is 5.32. The summed E-state index contributed by atoms with van der Waals surface area (Å²) in [5.74, 6) is -0.521. The zero-order valence-electron chi connectivity index (χ0n) is 9.40. The van der Waals surface area contributed by atoms with Crippen molar-refractivity contribution in [3.63, 3.8) is 0 Å². The third kappa shape index (κ3) is 1.48. The molecule has 0 saturated carbocycles. The van der Waals surface area contributed by atoms with Crippen LogP contribution in [0.2, 0.25) is 0 Å². The van der Waals surface area contributed by atoms with Crippen molar-refractivity contribution < 1.29 is 9.53 Å². The Morgan fingerprint density at radius 3 is 3.00 bits per heavy atom. The van der Waals surface area contributed by atoms with Crippen LogP contribution in [0.25, 0.3) is 6.20 Å². The molecule has 0 amide bonds. The molecule has 2 heterocycles. The highest BCUT2D eigenvalue weighted by Gasteiger charge is 2.24. The number of nitrogens with zero attached hydrogens (tertiary/aromatic N) is 2. The van der Waals surface area contributed by atoms with E-state index in [1.807, 2.05) is 12.3 Å². The van der Waals surface area contributed by atoms with Crippen LogP contribution < -0.4 is 5.56 Å². The number of aromatic nitrogens is 2. The lowest BCUT2D eigenvalue weighted by atomic mass is 10.1. The molecule has 1 aliphatic rings. The topological polar surface area (TPSA) is 53.2 Å². The minimum Gasteiger partial charge on any atom is -0.462 e. The SMILES string of the molecule is CCOC(=O)c1c2n(n(C)c1=O)C=CCC2. The van der Waals surface area contributed by atoms with Crippen LogP contribution in [-0.2, 0) is 18.2 Å². The summed E-state index contributed by atoms with van der Waals surface area (Å²) in [5, 5.41) is 0. The molecule has 16 heavy (non-hydrogen) atoms. The molecule has 0 N–H and O–H groups in total. The van der Waals surface area contributed by atoms with Crippen molar-refractivity contribution in [1.82, 2.24) is 9.36 Å². The second kappa shape index (κ2) is 4.00. The first-order valence-corrected chi connectivity index (χ1v) is 5.31. The molecule has 0 radical (unpaired) electrons. The molecule has 1 aromatic rings. The minimum atomic E-state index is -0.521. The van der Waals surface area contributed by atoms with E-state index in [0.29, 0.717) is 6.42 Å². The number of esters is 1. The highest BCUT2D eigenvalue weighted by Crippen LogP contribution is 2.15. The van der Waals surface area contributed by atoms with Crippen molar-refractivity contribution in [3.05, 3.63) is 27.7 Å². The first kappa shape index (κ1) is 10.7. The number of hydrogen-bond acceptors (Lipinski definition) is 3. The van der Waals surface area contributed by atoms with Crippen LogP contribution in [0.4, 0.5) is 0 Å². The van der Waals surface area contributed by atoms with Gasteiger partial charge in [0.1, 0.15) is 5.56 Å². The van der Waals surface area contributed by atoms with Gasteiger partial charge in [-0.15, -0.1) is 0 Å². The Balaban J connectivity index is 2.58. The number of allylic oxidation sites excluding steroid dienone is 1. The Morgan fingerprint density at radius 1 is 1.56 bits per heavy atom. The van der Waals surface area contributed by atoms with Gasteiger partial charge in [0.2, 0.25) is 0 Å². The van der Waals surface area contributed by atoms with Crippen molar-refractivity contribution in [1.29, 1.82) is 0 Å². The van der Waals surface area contributed by atoms with Crippen LogP contribution in [0, 0.1) is 0 Å². The minimum absolute atomic E-state index is 0.175. The first-order valence-electron chi connectivity index (χ1n) is 5.31. The maximum absolute atomic E-state index is 11.9. The van der Waals surface area contributed by atoms with Crippen molar-refractivity contribution in [3.8, 4) is 0 Å². The second-order valence-corrected chi connectivity index (χ2v) is 3.64. The lowest BCUT2D eigenvalue weighted by molar-refractivity contribution is 0.0523. The Morgan fingerprint density at radius 2 is 2.31 bits per heavy atom. The van der Waals surface area contributed by atoms with Crippen molar-refractivity contribution in [2.75, 3.05) is 6.61 Å². The van der Waals surface area contributed by atoms with Gasteiger partial charge >= 0.3 is 5.97 Å². The molecule has 0 fully saturated rings. The van der Waals surface area contributed by atoms with E-state index in [9.17, 15) is 9.59 Å². The summed E-state index contributed by atoms with van der Waals surface area (Å²) in [4.78, 5) is 23.6. The number of carbonyl (C=O) groups excluding carboxylic acids is 1. The molecule has 5 heteroatoms. The summed E-state index contributed by atoms with van der Waals surface area (Å²) < 4.78 is 8.03. The Hall–Kier alpha value is -1.78. The van der Waals surface area contributed by atoms with Gasteiger partial charge in [-0.05, 0) is 19.8 Å². The fraction of sp³-hybridized carbons (Fsp3) is 0.455. The first-order chi connectivity index (χ1) is 7.66. The zero-order chi connectivity index (χ0) is 11.7. The Bertz CT molecular complexity index is 508. The van der Waals surface area contributed by atoms with Gasteiger partial charge in [0.05, 0.1) is 12.3 Å². The van der Waals surface area contributed by atoms with Crippen LogP contribution in [0.3, 0.4) is 0 Å². The van der Waals surface area contributed by atoms with Gasteiger partial charge in [-0.25, -0.2) is 9.48 Å². The molecule has 0 bridgehead atoms. The van der Waals surface area contributed by atoms with E-state index in [2.05, 4.69) is 0 Å². The number of carbonyl (C=O) groups is 1. The summed E-state index contributed by atoms with van der Waals surface area (Å²) in [6.45, 7) is 2.01. The quantitative estimate of drug-likeness (QED) is 0.695. The second-order valence-electron chi connectivity index (χ2n) is 3.64. The fourth-order valence-electron chi connectivity index (χ4n) is 1.91. The average molecular weight is 222 g/mol. The number of fused-ring (bicyclic) bond motifs is 1. The zero-order valence-corrected chi connectivity index (χ0v) is 9.40. The predicted molar refractivity (Wildman–Crippen MR) is 59.3 cm³/mol. The maximum atomic E-state index is 11.9. The maximum Gasteiger partial charge on any atom is 0.345 e. The standard InChI is InChI=1S/C11H14N2O3/c1-3-16-11(15)9-8-6-4-5-7-13(8)12(2)10(9)14/h5,7H,3-4,6H2,1-2H3. The van der Waals surface area contributed by atoms with Gasteiger partial charge in [0.15, 0.2) is 0 Å². The van der Waals surface area contributed by atoms with Crippen molar-refractivity contribution in [2.45, 2.75) is 19.8 Å². The molecule has 0 spiro atoms. The van der Waals surface area contributed by atoms with Crippen molar-refractivity contribution in [2.24, 2.45) is 7.05 Å². The third-order valence-electron chi connectivity index (χ3n) is 2.67. The van der Waals surface area contributed by atoms with E-state index < -0.39 is 5.97 Å². The molecule has 86 valence electrons. The third-order valence-corrected chi connectivity index (χ3v) is 2.67. The lowest BCUT2D eigenvalue weighted by Crippen LogP contribution is -2.21. The van der Waals surface area contributed by atoms with Crippen LogP contribution in [-0.4, -0.2) is 21.9 Å². The van der Waals surface area contributed by atoms with Gasteiger partial charge in [-0.1, -0.05) is 6.08 Å². The van der Waals surface area contributed by atoms with E-state index in [1.54, 1.807) is 18.7 Å². The van der Waals surface area contributed by atoms with Gasteiger partial charge in [-0.3, -0.25) is 9.48 Å². The summed E-state index contributed by atoms with van der Waals surface area (Å²) in [6, 6.07) is 0. The van der Waals surface area contributed by atoms with Gasteiger partial charge < -0.3 is 4.74 Å². The largest absolute Gasteiger partial charge is 0.462 e. The smallest absolute Gasteiger partial charge is 0.345 e. The van der Waals surface area contributed by atoms with Crippen molar-refractivity contribution >= 4 is 12.2 Å². The van der Waals surface area contributed by atoms with Crippen LogP contribution >= 0.6 is 0 Å². The molecular formula is C11H14N2O3. The fourth-order valence-corrected chi connectivity index (χ4v) is 1.91. The number of hydrogen-bond donors (Lipinski definition) is 0. The number of ether oxygens (including phenoxy) is 1. The summed E-state index contributed by atoms with van der Waals surface area (Å²) >= 11 is 0. The van der Waals surface area contributed by atoms with Gasteiger partial charge in [0, 0.05) is 13.2 Å². The molecule has 2 rings (SSSR count). The molecule has 5 nitrogen and oxygen atoms in total. The molecule has 0 unspecified atom stereocenters. The molecule has 0 aliphatic carbocycles. The normalized spacial score (nSPS) is 13.6. The molecule has 0 aromatic carbocycles. The molecule has 1 aliphatic heterocycles. The molecular weight excluding hydrogens is 208 g/mol. The van der Waals surface area contributed by atoms with Gasteiger partial charge in [0.25, 0.3) is 5.56 Å². The van der Waals surface area contributed by atoms with E-state index in [0.717, 1.165) is 12.1 Å². The van der Waals surface area contributed by atoms with Crippen LogP contribution in [0.15, 0.2) is 10.9 Å². The molecule has 0 saturated heterocycles. The lowest BCUT2D eigenvalue weighted by Gasteiger charge is -2.11. The average Bonchev–Trinajstić information content (AvgIpc) is 2.53. The van der Waals surface area contributed by atoms with E-state index >= 15 is 0 Å². The van der Waals surface area contributed by atoms with Crippen LogP contribution in [0.5, 0.6) is 0 Å². The highest BCUT2D eigenvalue weighted by atomic mass is 16.5.